The molecule has 1 fully saturated rings. The molecule has 8 nitrogen and oxygen atoms in total. The average Bonchev–Trinajstić information content (AvgIpc) is 3.35. The van der Waals surface area contributed by atoms with Gasteiger partial charge in [0, 0.05) is 18.5 Å². The van der Waals surface area contributed by atoms with Crippen LogP contribution in [0.25, 0.3) is 0 Å². The van der Waals surface area contributed by atoms with Crippen LogP contribution in [0.15, 0.2) is 42.5 Å². The van der Waals surface area contributed by atoms with Gasteiger partial charge in [0.05, 0.1) is 27.2 Å². The van der Waals surface area contributed by atoms with Crippen LogP contribution >= 0.6 is 0 Å². The Hall–Kier alpha value is -3.42. The first-order valence-electron chi connectivity index (χ1n) is 12.7. The van der Waals surface area contributed by atoms with E-state index in [2.05, 4.69) is 0 Å². The summed E-state index contributed by atoms with van der Waals surface area (Å²) in [6.07, 6.45) is 1.27. The Morgan fingerprint density at radius 2 is 1.70 bits per heavy atom. The van der Waals surface area contributed by atoms with Crippen molar-refractivity contribution in [2.45, 2.75) is 71.1 Å². The zero-order valence-electron chi connectivity index (χ0n) is 22.7. The Morgan fingerprint density at radius 1 is 1.05 bits per heavy atom. The van der Waals surface area contributed by atoms with Crippen LogP contribution in [0.3, 0.4) is 0 Å². The SMILES string of the molecule is CCOC(=O)C[C@@H](c1cc(OC)c(OCc2ccccc2)c(OC)c1)[C@@H]1CCCN1C(=O)OC(C)(C)C. The van der Waals surface area contributed by atoms with Gasteiger partial charge in [-0.05, 0) is 63.8 Å². The molecule has 0 N–H and O–H groups in total. The minimum absolute atomic E-state index is 0.105. The molecule has 1 aliphatic rings. The molecular formula is C29H39NO7. The molecule has 0 unspecified atom stereocenters. The standard InChI is InChI=1S/C29H39NO7/c1-7-35-26(31)18-22(23-14-11-15-30(23)28(32)37-29(2,3)4)21-16-24(33-5)27(25(17-21)34-6)36-19-20-12-9-8-10-13-20/h8-10,12-13,16-17,22-23H,7,11,14-15,18-19H2,1-6H3/t22-,23-/m0/s1. The molecule has 202 valence electrons. The van der Waals surface area contributed by atoms with E-state index in [1.165, 1.54) is 0 Å². The minimum Gasteiger partial charge on any atom is -0.493 e. The van der Waals surface area contributed by atoms with Gasteiger partial charge in [0.25, 0.3) is 0 Å². The third-order valence-electron chi connectivity index (χ3n) is 6.22. The van der Waals surface area contributed by atoms with E-state index in [0.717, 1.165) is 24.0 Å². The first-order valence-corrected chi connectivity index (χ1v) is 12.7. The van der Waals surface area contributed by atoms with Gasteiger partial charge in [-0.1, -0.05) is 30.3 Å². The number of carbonyl (C=O) groups excluding carboxylic acids is 2. The maximum atomic E-state index is 13.1. The summed E-state index contributed by atoms with van der Waals surface area (Å²) < 4.78 is 28.5. The third kappa shape index (κ3) is 7.54. The van der Waals surface area contributed by atoms with Crippen molar-refractivity contribution in [1.82, 2.24) is 4.90 Å². The van der Waals surface area contributed by atoms with E-state index in [9.17, 15) is 9.59 Å². The minimum atomic E-state index is -0.620. The highest BCUT2D eigenvalue weighted by molar-refractivity contribution is 5.72. The van der Waals surface area contributed by atoms with Crippen LogP contribution in [0.4, 0.5) is 4.79 Å². The smallest absolute Gasteiger partial charge is 0.410 e. The maximum absolute atomic E-state index is 13.1. The van der Waals surface area contributed by atoms with Gasteiger partial charge in [-0.3, -0.25) is 4.79 Å². The van der Waals surface area contributed by atoms with E-state index in [1.54, 1.807) is 26.0 Å². The molecule has 1 amide bonds. The zero-order chi connectivity index (χ0) is 27.0. The number of esters is 1. The molecule has 1 saturated heterocycles. The molecule has 0 bridgehead atoms. The number of hydrogen-bond donors (Lipinski definition) is 0. The summed E-state index contributed by atoms with van der Waals surface area (Å²) in [7, 11) is 3.13. The average molecular weight is 514 g/mol. The zero-order valence-corrected chi connectivity index (χ0v) is 22.7. The summed E-state index contributed by atoms with van der Waals surface area (Å²) >= 11 is 0. The van der Waals surface area contributed by atoms with Crippen LogP contribution < -0.4 is 14.2 Å². The van der Waals surface area contributed by atoms with Gasteiger partial charge in [0.2, 0.25) is 5.75 Å². The van der Waals surface area contributed by atoms with Crippen molar-refractivity contribution in [1.29, 1.82) is 0 Å². The lowest BCUT2D eigenvalue weighted by Crippen LogP contribution is -2.43. The van der Waals surface area contributed by atoms with Gasteiger partial charge in [-0.2, -0.15) is 0 Å². The van der Waals surface area contributed by atoms with Crippen LogP contribution in [0, 0.1) is 0 Å². The van der Waals surface area contributed by atoms with E-state index in [0.29, 0.717) is 30.4 Å². The molecule has 1 heterocycles. The Kier molecular flexibility index (Phi) is 9.66. The number of carbonyl (C=O) groups is 2. The van der Waals surface area contributed by atoms with Gasteiger partial charge in [-0.25, -0.2) is 4.79 Å². The molecule has 8 heteroatoms. The largest absolute Gasteiger partial charge is 0.493 e. The summed E-state index contributed by atoms with van der Waals surface area (Å²) in [5.74, 6) is 0.774. The Bertz CT molecular complexity index is 1020. The van der Waals surface area contributed by atoms with Gasteiger partial charge < -0.3 is 28.6 Å². The molecule has 2 atom stereocenters. The second-order valence-electron chi connectivity index (χ2n) is 10.0. The summed E-state index contributed by atoms with van der Waals surface area (Å²) in [5.41, 5.74) is 1.19. The first kappa shape index (κ1) is 28.2. The number of nitrogens with zero attached hydrogens (tertiary/aromatic N) is 1. The molecular weight excluding hydrogens is 474 g/mol. The van der Waals surface area contributed by atoms with Crippen molar-refractivity contribution < 1.29 is 33.3 Å². The molecule has 0 spiro atoms. The third-order valence-corrected chi connectivity index (χ3v) is 6.22. The van der Waals surface area contributed by atoms with Crippen LogP contribution in [0.1, 0.15) is 64.0 Å². The number of likely N-dealkylation sites (tertiary alicyclic amines) is 1. The lowest BCUT2D eigenvalue weighted by atomic mass is 9.86. The van der Waals surface area contributed by atoms with Crippen molar-refractivity contribution in [3.63, 3.8) is 0 Å². The predicted octanol–water partition coefficient (Wildman–Crippen LogP) is 5.72. The van der Waals surface area contributed by atoms with Gasteiger partial charge in [0.15, 0.2) is 11.5 Å². The van der Waals surface area contributed by atoms with Gasteiger partial charge >= 0.3 is 12.1 Å². The Balaban J connectivity index is 1.97. The fraction of sp³-hybridized carbons (Fsp3) is 0.517. The lowest BCUT2D eigenvalue weighted by Gasteiger charge is -2.33. The molecule has 1 aliphatic heterocycles. The number of amides is 1. The number of benzene rings is 2. The highest BCUT2D eigenvalue weighted by Gasteiger charge is 2.39. The summed E-state index contributed by atoms with van der Waals surface area (Å²) in [4.78, 5) is 27.5. The first-order chi connectivity index (χ1) is 17.7. The molecule has 2 aromatic rings. The fourth-order valence-electron chi connectivity index (χ4n) is 4.62. The molecule has 0 aromatic heterocycles. The number of rotatable bonds is 10. The monoisotopic (exact) mass is 513 g/mol. The second-order valence-corrected chi connectivity index (χ2v) is 10.0. The van der Waals surface area contributed by atoms with Gasteiger partial charge in [-0.15, -0.1) is 0 Å². The summed E-state index contributed by atoms with van der Waals surface area (Å²) in [6.45, 7) is 8.49. The van der Waals surface area contributed by atoms with Crippen molar-refractivity contribution in [3.8, 4) is 17.2 Å². The topological polar surface area (TPSA) is 83.5 Å². The second kappa shape index (κ2) is 12.7. The van der Waals surface area contributed by atoms with Crippen molar-refractivity contribution >= 4 is 12.1 Å². The highest BCUT2D eigenvalue weighted by Crippen LogP contribution is 2.44. The quantitative estimate of drug-likeness (QED) is 0.376. The van der Waals surface area contributed by atoms with Crippen LogP contribution in [0.2, 0.25) is 0 Å². The van der Waals surface area contributed by atoms with Crippen molar-refractivity contribution in [2.75, 3.05) is 27.4 Å². The van der Waals surface area contributed by atoms with Crippen molar-refractivity contribution in [2.24, 2.45) is 0 Å². The molecule has 2 aromatic carbocycles. The lowest BCUT2D eigenvalue weighted by molar-refractivity contribution is -0.144. The number of methoxy groups -OCH3 is 2. The van der Waals surface area contributed by atoms with Crippen LogP contribution in [-0.2, 0) is 20.9 Å². The molecule has 0 radical (unpaired) electrons. The highest BCUT2D eigenvalue weighted by atomic mass is 16.6. The normalized spacial score (nSPS) is 16.2. The molecule has 3 rings (SSSR count). The molecule has 0 saturated carbocycles. The molecule has 0 aliphatic carbocycles. The van der Waals surface area contributed by atoms with E-state index in [1.807, 2.05) is 63.2 Å². The van der Waals surface area contributed by atoms with Crippen LogP contribution in [0.5, 0.6) is 17.2 Å². The maximum Gasteiger partial charge on any atom is 0.410 e. The number of hydrogen-bond acceptors (Lipinski definition) is 7. The van der Waals surface area contributed by atoms with Gasteiger partial charge in [0.1, 0.15) is 12.2 Å². The summed E-state index contributed by atoms with van der Waals surface area (Å²) in [6, 6.07) is 13.3. The Morgan fingerprint density at radius 3 is 2.27 bits per heavy atom. The van der Waals surface area contributed by atoms with E-state index in [4.69, 9.17) is 23.7 Å². The fourth-order valence-corrected chi connectivity index (χ4v) is 4.62. The molecule has 37 heavy (non-hydrogen) atoms. The predicted molar refractivity (Wildman–Crippen MR) is 140 cm³/mol. The van der Waals surface area contributed by atoms with Crippen LogP contribution in [-0.4, -0.2) is 56.0 Å². The van der Waals surface area contributed by atoms with E-state index in [-0.39, 0.29) is 37.0 Å². The van der Waals surface area contributed by atoms with E-state index < -0.39 is 5.60 Å². The summed E-state index contributed by atoms with van der Waals surface area (Å²) in [5, 5.41) is 0. The Labute approximate surface area is 219 Å². The van der Waals surface area contributed by atoms with Crippen molar-refractivity contribution in [3.05, 3.63) is 53.6 Å². The van der Waals surface area contributed by atoms with E-state index >= 15 is 0 Å². The number of ether oxygens (including phenoxy) is 5.